The average Bonchev–Trinajstić information content (AvgIpc) is 2.73. The molecule has 0 fully saturated rings. The number of benzene rings is 2. The summed E-state index contributed by atoms with van der Waals surface area (Å²) in [5, 5.41) is 10.8. The van der Waals surface area contributed by atoms with Crippen molar-refractivity contribution in [1.29, 1.82) is 5.26 Å². The van der Waals surface area contributed by atoms with Gasteiger partial charge in [-0.1, -0.05) is 53.0 Å². The van der Waals surface area contributed by atoms with Crippen LogP contribution in [0, 0.1) is 11.3 Å². The zero-order chi connectivity index (χ0) is 22.1. The number of rotatable bonds is 4. The monoisotopic (exact) mass is 474 g/mol. The molecule has 2 N–H and O–H groups in total. The van der Waals surface area contributed by atoms with E-state index in [4.69, 9.17) is 50.0 Å². The predicted octanol–water partition coefficient (Wildman–Crippen LogP) is 6.04. The molecule has 31 heavy (non-hydrogen) atoms. The molecule has 0 saturated heterocycles. The van der Waals surface area contributed by atoms with Gasteiger partial charge in [-0.05, 0) is 30.2 Å². The summed E-state index contributed by atoms with van der Waals surface area (Å²) in [5.74, 6) is 0.0296. The first-order chi connectivity index (χ1) is 14.9. The molecular weight excluding hydrogens is 459 g/mol. The lowest BCUT2D eigenvalue weighted by atomic mass is 9.77. The summed E-state index contributed by atoms with van der Waals surface area (Å²) in [6.45, 7) is 0.180. The molecule has 1 atom stereocenters. The molecule has 0 radical (unpaired) electrons. The van der Waals surface area contributed by atoms with Gasteiger partial charge in [-0.25, -0.2) is 0 Å². The summed E-state index contributed by atoms with van der Waals surface area (Å²) in [7, 11) is 0. The third-order valence-corrected chi connectivity index (χ3v) is 6.22. The van der Waals surface area contributed by atoms with E-state index in [1.807, 2.05) is 18.2 Å². The molecule has 0 unspecified atom stereocenters. The van der Waals surface area contributed by atoms with Gasteiger partial charge < -0.3 is 15.2 Å². The number of Topliss-reactive ketones (excluding diaryl/α,β-unsaturated/α-hetero) is 1. The zero-order valence-electron chi connectivity index (χ0n) is 16.3. The summed E-state index contributed by atoms with van der Waals surface area (Å²) in [6, 6.07) is 12.7. The first-order valence-electron chi connectivity index (χ1n) is 9.59. The predicted molar refractivity (Wildman–Crippen MR) is 119 cm³/mol. The molecule has 4 rings (SSSR count). The lowest BCUT2D eigenvalue weighted by molar-refractivity contribution is -0.116. The number of hydrogen-bond acceptors (Lipinski definition) is 5. The molecule has 1 heterocycles. The van der Waals surface area contributed by atoms with Gasteiger partial charge >= 0.3 is 0 Å². The maximum Gasteiger partial charge on any atom is 0.205 e. The second-order valence-corrected chi connectivity index (χ2v) is 8.45. The van der Waals surface area contributed by atoms with Crippen LogP contribution in [-0.4, -0.2) is 5.78 Å². The Labute approximate surface area is 194 Å². The van der Waals surface area contributed by atoms with Gasteiger partial charge in [0.15, 0.2) is 11.5 Å². The van der Waals surface area contributed by atoms with E-state index in [0.29, 0.717) is 46.9 Å². The first kappa shape index (κ1) is 21.6. The zero-order valence-corrected chi connectivity index (χ0v) is 18.5. The highest BCUT2D eigenvalue weighted by molar-refractivity contribution is 6.37. The van der Waals surface area contributed by atoms with Crippen molar-refractivity contribution in [1.82, 2.24) is 0 Å². The Kier molecular flexibility index (Phi) is 6.15. The van der Waals surface area contributed by atoms with E-state index < -0.39 is 5.92 Å². The van der Waals surface area contributed by atoms with E-state index in [1.54, 1.807) is 18.2 Å². The molecule has 0 bridgehead atoms. The van der Waals surface area contributed by atoms with Crippen LogP contribution in [0.4, 0.5) is 0 Å². The number of carbonyl (C=O) groups excluding carboxylic acids is 1. The minimum Gasteiger partial charge on any atom is -0.486 e. The Morgan fingerprint density at radius 1 is 1.13 bits per heavy atom. The normalized spacial score (nSPS) is 18.4. The highest BCUT2D eigenvalue weighted by Crippen LogP contribution is 2.46. The van der Waals surface area contributed by atoms with Crippen molar-refractivity contribution < 1.29 is 14.3 Å². The molecular formula is C23H17Cl3N2O3. The summed E-state index contributed by atoms with van der Waals surface area (Å²) in [6.07, 6.45) is 1.64. The second-order valence-electron chi connectivity index (χ2n) is 7.23. The van der Waals surface area contributed by atoms with E-state index in [1.165, 1.54) is 0 Å². The van der Waals surface area contributed by atoms with Crippen molar-refractivity contribution in [2.75, 3.05) is 0 Å². The van der Waals surface area contributed by atoms with Crippen LogP contribution in [0.1, 0.15) is 36.3 Å². The lowest BCUT2D eigenvalue weighted by Crippen LogP contribution is -2.27. The Morgan fingerprint density at radius 2 is 1.84 bits per heavy atom. The molecule has 0 spiro atoms. The molecule has 2 aliphatic rings. The molecule has 8 heteroatoms. The van der Waals surface area contributed by atoms with Gasteiger partial charge in [-0.2, -0.15) is 5.26 Å². The quantitative estimate of drug-likeness (QED) is 0.582. The van der Waals surface area contributed by atoms with Crippen LogP contribution >= 0.6 is 34.8 Å². The summed E-state index contributed by atoms with van der Waals surface area (Å²) < 4.78 is 11.4. The van der Waals surface area contributed by atoms with Gasteiger partial charge in [0, 0.05) is 29.0 Å². The van der Waals surface area contributed by atoms with Gasteiger partial charge in [0.2, 0.25) is 5.88 Å². The van der Waals surface area contributed by atoms with E-state index in [0.717, 1.165) is 5.56 Å². The number of ether oxygens (including phenoxy) is 2. The molecule has 0 saturated carbocycles. The number of nitriles is 1. The Morgan fingerprint density at radius 3 is 2.52 bits per heavy atom. The minimum absolute atomic E-state index is 0.00718. The SMILES string of the molecule is N#CC1=C(N)OC2=C(C(=O)CCC2)[C@H]1c1cc(Cl)c(OCc2ccccc2Cl)c(Cl)c1. The van der Waals surface area contributed by atoms with E-state index in [2.05, 4.69) is 6.07 Å². The number of halogens is 3. The fourth-order valence-electron chi connectivity index (χ4n) is 3.84. The number of carbonyl (C=O) groups is 1. The van der Waals surface area contributed by atoms with Crippen LogP contribution in [0.25, 0.3) is 0 Å². The standard InChI is InChI=1S/C23H17Cl3N2O3/c24-15-5-2-1-4-12(15)11-30-22-16(25)8-13(9-17(22)26)20-14(10-27)23(28)31-19-7-3-6-18(29)21(19)20/h1-2,4-5,8-9,20H,3,6-7,11,28H2/t20-/m0/s1. The number of ketones is 1. The van der Waals surface area contributed by atoms with Gasteiger partial charge in [-0.15, -0.1) is 0 Å². The van der Waals surface area contributed by atoms with Crippen molar-refractivity contribution in [3.8, 4) is 11.8 Å². The number of nitrogens with two attached hydrogens (primary N) is 1. The van der Waals surface area contributed by atoms with Gasteiger partial charge in [-0.3, -0.25) is 4.79 Å². The van der Waals surface area contributed by atoms with Crippen LogP contribution in [0.3, 0.4) is 0 Å². The number of hydrogen-bond donors (Lipinski definition) is 1. The van der Waals surface area contributed by atoms with Crippen molar-refractivity contribution >= 4 is 40.6 Å². The molecule has 5 nitrogen and oxygen atoms in total. The van der Waals surface area contributed by atoms with Crippen LogP contribution < -0.4 is 10.5 Å². The Hall–Kier alpha value is -2.65. The van der Waals surface area contributed by atoms with Crippen molar-refractivity contribution in [2.45, 2.75) is 31.8 Å². The Bertz CT molecular complexity index is 1160. The second kappa shape index (κ2) is 8.84. The topological polar surface area (TPSA) is 85.3 Å². The van der Waals surface area contributed by atoms with Crippen molar-refractivity contribution in [3.63, 3.8) is 0 Å². The van der Waals surface area contributed by atoms with Crippen molar-refractivity contribution in [3.05, 3.63) is 85.4 Å². The maximum absolute atomic E-state index is 12.7. The summed E-state index contributed by atoms with van der Waals surface area (Å²) in [4.78, 5) is 12.7. The fraction of sp³-hybridized carbons (Fsp3) is 0.217. The smallest absolute Gasteiger partial charge is 0.205 e. The number of nitrogens with zero attached hydrogens (tertiary/aromatic N) is 1. The third-order valence-electron chi connectivity index (χ3n) is 5.29. The third kappa shape index (κ3) is 4.12. The minimum atomic E-state index is -0.686. The molecule has 158 valence electrons. The lowest BCUT2D eigenvalue weighted by Gasteiger charge is -2.31. The maximum atomic E-state index is 12.7. The van der Waals surface area contributed by atoms with Crippen molar-refractivity contribution in [2.24, 2.45) is 5.73 Å². The van der Waals surface area contributed by atoms with Crippen LogP contribution in [-0.2, 0) is 16.1 Å². The Balaban J connectivity index is 1.71. The highest BCUT2D eigenvalue weighted by atomic mass is 35.5. The van der Waals surface area contributed by atoms with Crippen LogP contribution in [0.15, 0.2) is 59.2 Å². The molecule has 1 aliphatic heterocycles. The molecule has 2 aromatic carbocycles. The molecule has 0 amide bonds. The van der Waals surface area contributed by atoms with Crippen LogP contribution in [0.5, 0.6) is 5.75 Å². The first-order valence-corrected chi connectivity index (χ1v) is 10.7. The number of allylic oxidation sites excluding steroid dienone is 3. The van der Waals surface area contributed by atoms with E-state index in [9.17, 15) is 10.1 Å². The van der Waals surface area contributed by atoms with E-state index in [-0.39, 0.29) is 33.9 Å². The van der Waals surface area contributed by atoms with Gasteiger partial charge in [0.1, 0.15) is 24.0 Å². The molecule has 1 aliphatic carbocycles. The summed E-state index contributed by atoms with van der Waals surface area (Å²) in [5.41, 5.74) is 7.95. The van der Waals surface area contributed by atoms with Crippen LogP contribution in [0.2, 0.25) is 15.1 Å². The highest BCUT2D eigenvalue weighted by Gasteiger charge is 2.38. The fourth-order valence-corrected chi connectivity index (χ4v) is 4.64. The molecule has 2 aromatic rings. The molecule has 0 aromatic heterocycles. The van der Waals surface area contributed by atoms with Gasteiger partial charge in [0.25, 0.3) is 0 Å². The summed E-state index contributed by atoms with van der Waals surface area (Å²) >= 11 is 19.2. The largest absolute Gasteiger partial charge is 0.486 e. The van der Waals surface area contributed by atoms with E-state index >= 15 is 0 Å². The average molecular weight is 476 g/mol. The van der Waals surface area contributed by atoms with Gasteiger partial charge in [0.05, 0.1) is 16.0 Å².